The van der Waals surface area contributed by atoms with Gasteiger partial charge in [-0.05, 0) is 30.7 Å². The zero-order valence-electron chi connectivity index (χ0n) is 9.74. The predicted octanol–water partition coefficient (Wildman–Crippen LogP) is 2.73. The lowest BCUT2D eigenvalue weighted by Gasteiger charge is -2.09. The summed E-state index contributed by atoms with van der Waals surface area (Å²) in [4.78, 5) is 4.02. The first-order valence-electron chi connectivity index (χ1n) is 5.29. The molecule has 0 aliphatic heterocycles. The number of halogens is 1. The van der Waals surface area contributed by atoms with Gasteiger partial charge in [-0.1, -0.05) is 6.07 Å². The van der Waals surface area contributed by atoms with Crippen LogP contribution in [0.15, 0.2) is 30.5 Å². The van der Waals surface area contributed by atoms with Gasteiger partial charge in [-0.3, -0.25) is 0 Å². The number of nitrogens with two attached hydrogens (primary N) is 1. The Morgan fingerprint density at radius 1 is 1.39 bits per heavy atom. The summed E-state index contributed by atoms with van der Waals surface area (Å²) < 4.78 is 13.4. The van der Waals surface area contributed by atoms with Crippen LogP contribution in [0.1, 0.15) is 11.1 Å². The molecule has 2 aromatic rings. The molecule has 0 aliphatic carbocycles. The Kier molecular flexibility index (Phi) is 3.11. The smallest absolute Gasteiger partial charge is 0.154 e. The fourth-order valence-electron chi connectivity index (χ4n) is 1.48. The molecule has 0 aliphatic rings. The molecule has 0 amide bonds. The number of hydrogen-bond acceptors (Lipinski definition) is 4. The van der Waals surface area contributed by atoms with E-state index in [0.29, 0.717) is 22.6 Å². The largest absolute Gasteiger partial charge is 0.395 e. The van der Waals surface area contributed by atoms with Crippen molar-refractivity contribution in [2.45, 2.75) is 6.92 Å². The molecule has 1 heterocycles. The van der Waals surface area contributed by atoms with E-state index in [1.807, 2.05) is 6.07 Å². The first kappa shape index (κ1) is 11.9. The highest BCUT2D eigenvalue weighted by molar-refractivity contribution is 5.73. The van der Waals surface area contributed by atoms with E-state index in [1.54, 1.807) is 19.1 Å². The standard InChI is InChI=1S/C13H11FN4/c1-8-2-3-10(6-11(8)14)18-13-12(16)9(7-15)4-5-17-13/h2-6H,16H2,1H3,(H,17,18). The topological polar surface area (TPSA) is 74.7 Å². The second-order valence-electron chi connectivity index (χ2n) is 3.82. The number of nitrogens with zero attached hydrogens (tertiary/aromatic N) is 2. The lowest BCUT2D eigenvalue weighted by molar-refractivity contribution is 0.619. The number of nitrogens with one attached hydrogen (secondary N) is 1. The molecule has 4 nitrogen and oxygen atoms in total. The van der Waals surface area contributed by atoms with Gasteiger partial charge in [0, 0.05) is 11.9 Å². The molecule has 2 rings (SSSR count). The van der Waals surface area contributed by atoms with Gasteiger partial charge < -0.3 is 11.1 Å². The Labute approximate surface area is 104 Å². The van der Waals surface area contributed by atoms with Gasteiger partial charge in [-0.15, -0.1) is 0 Å². The SMILES string of the molecule is Cc1ccc(Nc2nccc(C#N)c2N)cc1F. The van der Waals surface area contributed by atoms with Crippen LogP contribution in [-0.2, 0) is 0 Å². The molecule has 90 valence electrons. The molecule has 0 unspecified atom stereocenters. The summed E-state index contributed by atoms with van der Waals surface area (Å²) in [5.74, 6) is 0.0345. The van der Waals surface area contributed by atoms with Crippen molar-refractivity contribution >= 4 is 17.2 Å². The molecule has 0 fully saturated rings. The molecular formula is C13H11FN4. The molecule has 0 saturated heterocycles. The third-order valence-electron chi connectivity index (χ3n) is 2.55. The molecule has 0 bridgehead atoms. The Bertz CT molecular complexity index is 631. The predicted molar refractivity (Wildman–Crippen MR) is 67.8 cm³/mol. The summed E-state index contributed by atoms with van der Waals surface area (Å²) in [6, 6.07) is 8.22. The van der Waals surface area contributed by atoms with Gasteiger partial charge in [0.1, 0.15) is 11.9 Å². The second kappa shape index (κ2) is 4.72. The molecule has 3 N–H and O–H groups in total. The quantitative estimate of drug-likeness (QED) is 0.849. The minimum absolute atomic E-state index is 0.251. The van der Waals surface area contributed by atoms with Crippen molar-refractivity contribution in [1.29, 1.82) is 5.26 Å². The van der Waals surface area contributed by atoms with Gasteiger partial charge >= 0.3 is 0 Å². The van der Waals surface area contributed by atoms with Crippen molar-refractivity contribution in [2.24, 2.45) is 0 Å². The van der Waals surface area contributed by atoms with Crippen LogP contribution >= 0.6 is 0 Å². The van der Waals surface area contributed by atoms with Crippen LogP contribution < -0.4 is 11.1 Å². The molecule has 18 heavy (non-hydrogen) atoms. The van der Waals surface area contributed by atoms with Crippen molar-refractivity contribution in [3.8, 4) is 6.07 Å². The normalized spacial score (nSPS) is 9.83. The van der Waals surface area contributed by atoms with Crippen molar-refractivity contribution in [3.63, 3.8) is 0 Å². The summed E-state index contributed by atoms with van der Waals surface area (Å²) in [5, 5.41) is 11.7. The number of pyridine rings is 1. The van der Waals surface area contributed by atoms with E-state index in [-0.39, 0.29) is 11.5 Å². The van der Waals surface area contributed by atoms with Crippen molar-refractivity contribution in [3.05, 3.63) is 47.4 Å². The van der Waals surface area contributed by atoms with Crippen LogP contribution in [0.2, 0.25) is 0 Å². The average molecular weight is 242 g/mol. The Morgan fingerprint density at radius 2 is 2.17 bits per heavy atom. The maximum atomic E-state index is 13.4. The van der Waals surface area contributed by atoms with Gasteiger partial charge in [-0.2, -0.15) is 5.26 Å². The lowest BCUT2D eigenvalue weighted by atomic mass is 10.2. The maximum absolute atomic E-state index is 13.4. The van der Waals surface area contributed by atoms with Crippen molar-refractivity contribution in [1.82, 2.24) is 4.98 Å². The van der Waals surface area contributed by atoms with Crippen LogP contribution in [-0.4, -0.2) is 4.98 Å². The van der Waals surface area contributed by atoms with E-state index in [4.69, 9.17) is 11.0 Å². The number of hydrogen-bond donors (Lipinski definition) is 2. The Morgan fingerprint density at radius 3 is 2.83 bits per heavy atom. The molecule has 0 saturated carbocycles. The molecule has 5 heteroatoms. The zero-order valence-corrected chi connectivity index (χ0v) is 9.74. The first-order chi connectivity index (χ1) is 8.61. The molecular weight excluding hydrogens is 231 g/mol. The minimum atomic E-state index is -0.310. The monoisotopic (exact) mass is 242 g/mol. The number of nitrogen functional groups attached to an aromatic ring is 1. The zero-order chi connectivity index (χ0) is 13.1. The number of aryl methyl sites for hydroxylation is 1. The molecule has 1 aromatic carbocycles. The minimum Gasteiger partial charge on any atom is -0.395 e. The number of benzene rings is 1. The third-order valence-corrected chi connectivity index (χ3v) is 2.55. The molecule has 0 radical (unpaired) electrons. The summed E-state index contributed by atoms with van der Waals surface area (Å²) in [6.07, 6.45) is 1.47. The highest BCUT2D eigenvalue weighted by atomic mass is 19.1. The first-order valence-corrected chi connectivity index (χ1v) is 5.29. The van der Waals surface area contributed by atoms with E-state index < -0.39 is 0 Å². The van der Waals surface area contributed by atoms with Crippen LogP contribution in [0.25, 0.3) is 0 Å². The summed E-state index contributed by atoms with van der Waals surface area (Å²) in [5.41, 5.74) is 7.45. The van der Waals surface area contributed by atoms with Gasteiger partial charge in [0.25, 0.3) is 0 Å². The molecule has 0 atom stereocenters. The van der Waals surface area contributed by atoms with Gasteiger partial charge in [0.15, 0.2) is 5.82 Å². The maximum Gasteiger partial charge on any atom is 0.154 e. The lowest BCUT2D eigenvalue weighted by Crippen LogP contribution is -2.01. The van der Waals surface area contributed by atoms with Crippen molar-refractivity contribution in [2.75, 3.05) is 11.1 Å². The number of nitriles is 1. The average Bonchev–Trinajstić information content (AvgIpc) is 2.36. The van der Waals surface area contributed by atoms with Crippen molar-refractivity contribution < 1.29 is 4.39 Å². The highest BCUT2D eigenvalue weighted by Gasteiger charge is 2.07. The van der Waals surface area contributed by atoms with Gasteiger partial charge in [0.05, 0.1) is 11.3 Å². The fourth-order valence-corrected chi connectivity index (χ4v) is 1.48. The second-order valence-corrected chi connectivity index (χ2v) is 3.82. The van der Waals surface area contributed by atoms with E-state index >= 15 is 0 Å². The highest BCUT2D eigenvalue weighted by Crippen LogP contribution is 2.24. The van der Waals surface area contributed by atoms with E-state index in [9.17, 15) is 4.39 Å². The van der Waals surface area contributed by atoms with Crippen LogP contribution in [0.5, 0.6) is 0 Å². The molecule has 1 aromatic heterocycles. The summed E-state index contributed by atoms with van der Waals surface area (Å²) in [6.45, 7) is 1.68. The van der Waals surface area contributed by atoms with Gasteiger partial charge in [-0.25, -0.2) is 9.37 Å². The number of rotatable bonds is 2. The Balaban J connectivity index is 2.35. The number of aromatic nitrogens is 1. The van der Waals surface area contributed by atoms with E-state index in [2.05, 4.69) is 10.3 Å². The number of anilines is 3. The Hall–Kier alpha value is -2.61. The van der Waals surface area contributed by atoms with Crippen LogP contribution in [0.4, 0.5) is 21.6 Å². The van der Waals surface area contributed by atoms with E-state index in [0.717, 1.165) is 0 Å². The van der Waals surface area contributed by atoms with Gasteiger partial charge in [0.2, 0.25) is 0 Å². The van der Waals surface area contributed by atoms with Crippen LogP contribution in [0.3, 0.4) is 0 Å². The summed E-state index contributed by atoms with van der Waals surface area (Å²) in [7, 11) is 0. The molecule has 0 spiro atoms. The van der Waals surface area contributed by atoms with Crippen LogP contribution in [0, 0.1) is 24.1 Å². The fraction of sp³-hybridized carbons (Fsp3) is 0.0769. The van der Waals surface area contributed by atoms with E-state index in [1.165, 1.54) is 18.3 Å². The summed E-state index contributed by atoms with van der Waals surface area (Å²) >= 11 is 0. The third kappa shape index (κ3) is 2.23.